The molecule has 0 aliphatic rings. The predicted molar refractivity (Wildman–Crippen MR) is 52.1 cm³/mol. The van der Waals surface area contributed by atoms with Gasteiger partial charge in [0.2, 0.25) is 0 Å². The molecule has 1 aromatic carbocycles. The van der Waals surface area contributed by atoms with E-state index in [1.807, 2.05) is 0 Å². The van der Waals surface area contributed by atoms with Gasteiger partial charge in [0.1, 0.15) is 0 Å². The quantitative estimate of drug-likeness (QED) is 0.561. The maximum absolute atomic E-state index is 10.6. The largest absolute Gasteiger partial charge is 0.493 e. The van der Waals surface area contributed by atoms with Crippen LogP contribution in [-0.4, -0.2) is 24.2 Å². The maximum atomic E-state index is 10.6. The molecule has 16 heavy (non-hydrogen) atoms. The standard InChI is InChI=1S/C9H11NO5.Ac/c1-14-8-3-6(5-11)7(10(12)13)4-9(8)15-2;/h3-4,11H,5H2,1-2H3;. The number of rotatable bonds is 4. The van der Waals surface area contributed by atoms with Crippen molar-refractivity contribution in [2.75, 3.05) is 14.2 Å². The Balaban J connectivity index is 0.00000225. The van der Waals surface area contributed by atoms with Gasteiger partial charge in [0, 0.05) is 44.1 Å². The molecule has 7 heteroatoms. The van der Waals surface area contributed by atoms with Gasteiger partial charge in [-0.3, -0.25) is 10.1 Å². The zero-order valence-corrected chi connectivity index (χ0v) is 13.7. The van der Waals surface area contributed by atoms with E-state index in [-0.39, 0.29) is 61.1 Å². The van der Waals surface area contributed by atoms with E-state index in [9.17, 15) is 10.1 Å². The number of hydrogen-bond acceptors (Lipinski definition) is 5. The maximum Gasteiger partial charge on any atom is 0.278 e. The van der Waals surface area contributed by atoms with Crippen molar-refractivity contribution in [3.8, 4) is 11.5 Å². The van der Waals surface area contributed by atoms with Crippen molar-refractivity contribution in [1.82, 2.24) is 0 Å². The molecule has 0 aliphatic heterocycles. The Bertz CT molecular complexity index is 382. The molecule has 0 spiro atoms. The molecule has 0 heterocycles. The topological polar surface area (TPSA) is 81.8 Å². The zero-order valence-electron chi connectivity index (χ0n) is 8.97. The fourth-order valence-electron chi connectivity index (χ4n) is 1.21. The minimum atomic E-state index is -0.576. The van der Waals surface area contributed by atoms with E-state index < -0.39 is 11.5 Å². The first kappa shape index (κ1) is 15.6. The van der Waals surface area contributed by atoms with E-state index in [1.54, 1.807) is 0 Å². The number of aliphatic hydroxyl groups excluding tert-OH is 1. The molecule has 0 saturated carbocycles. The number of nitrogens with zero attached hydrogens (tertiary/aromatic N) is 1. The summed E-state index contributed by atoms with van der Waals surface area (Å²) >= 11 is 0. The number of ether oxygens (including phenoxy) is 2. The summed E-state index contributed by atoms with van der Waals surface area (Å²) in [5, 5.41) is 19.6. The van der Waals surface area contributed by atoms with Gasteiger partial charge in [-0.15, -0.1) is 0 Å². The van der Waals surface area contributed by atoms with Crippen LogP contribution in [0.15, 0.2) is 12.1 Å². The fourth-order valence-corrected chi connectivity index (χ4v) is 1.21. The zero-order chi connectivity index (χ0) is 11.4. The third-order valence-corrected chi connectivity index (χ3v) is 1.95. The summed E-state index contributed by atoms with van der Waals surface area (Å²) in [4.78, 5) is 10.1. The number of nitro groups is 1. The van der Waals surface area contributed by atoms with E-state index >= 15 is 0 Å². The van der Waals surface area contributed by atoms with Crippen LogP contribution < -0.4 is 9.47 Å². The molecule has 0 fully saturated rings. The first-order valence-corrected chi connectivity index (χ1v) is 4.14. The Morgan fingerprint density at radius 3 is 2.19 bits per heavy atom. The molecule has 85 valence electrons. The van der Waals surface area contributed by atoms with Gasteiger partial charge in [-0.05, 0) is 6.07 Å². The average Bonchev–Trinajstić information content (AvgIpc) is 2.26. The molecule has 1 N–H and O–H groups in total. The smallest absolute Gasteiger partial charge is 0.278 e. The summed E-state index contributed by atoms with van der Waals surface area (Å²) in [5.41, 5.74) is 0.00722. The Kier molecular flexibility index (Phi) is 6.88. The van der Waals surface area contributed by atoms with E-state index in [0.29, 0.717) is 5.75 Å². The van der Waals surface area contributed by atoms with Crippen molar-refractivity contribution in [2.24, 2.45) is 0 Å². The Morgan fingerprint density at radius 2 is 1.81 bits per heavy atom. The second-order valence-electron chi connectivity index (χ2n) is 2.75. The Morgan fingerprint density at radius 1 is 1.31 bits per heavy atom. The molecule has 0 saturated heterocycles. The summed E-state index contributed by atoms with van der Waals surface area (Å²) in [6.45, 7) is -0.420. The van der Waals surface area contributed by atoms with Crippen LogP contribution in [0.5, 0.6) is 11.5 Å². The Labute approximate surface area is 128 Å². The third-order valence-electron chi connectivity index (χ3n) is 1.95. The summed E-state index contributed by atoms with van der Waals surface area (Å²) in [5.74, 6) is 0.619. The molecule has 1 rings (SSSR count). The normalized spacial score (nSPS) is 9.19. The SMILES string of the molecule is COc1cc(CO)c([N+](=O)[O-])cc1OC.[Ac]. The van der Waals surface area contributed by atoms with Gasteiger partial charge in [-0.1, -0.05) is 0 Å². The minimum absolute atomic E-state index is 0. The van der Waals surface area contributed by atoms with Crippen LogP contribution in [0.2, 0.25) is 0 Å². The molecular weight excluding hydrogens is 429 g/mol. The fraction of sp³-hybridized carbons (Fsp3) is 0.333. The molecule has 0 amide bonds. The van der Waals surface area contributed by atoms with Crippen LogP contribution in [0.25, 0.3) is 0 Å². The number of methoxy groups -OCH3 is 2. The first-order chi connectivity index (χ1) is 7.13. The Hall–Kier alpha value is -0.378. The van der Waals surface area contributed by atoms with Crippen molar-refractivity contribution < 1.29 is 63.6 Å². The molecule has 1 radical (unpaired) electrons. The molecular formula is C9H11AcNO5. The summed E-state index contributed by atoms with van der Waals surface area (Å²) in [6, 6.07) is 2.61. The van der Waals surface area contributed by atoms with Crippen molar-refractivity contribution in [1.29, 1.82) is 0 Å². The number of aliphatic hydroxyl groups is 1. The first-order valence-electron chi connectivity index (χ1n) is 4.14. The van der Waals surface area contributed by atoms with Gasteiger partial charge in [-0.25, -0.2) is 0 Å². The van der Waals surface area contributed by atoms with Crippen molar-refractivity contribution in [3.63, 3.8) is 0 Å². The van der Waals surface area contributed by atoms with Crippen LogP contribution in [-0.2, 0) is 6.61 Å². The van der Waals surface area contributed by atoms with Gasteiger partial charge in [0.05, 0.1) is 37.4 Å². The number of nitro benzene ring substituents is 1. The number of hydrogen-bond donors (Lipinski definition) is 1. The van der Waals surface area contributed by atoms with E-state index in [0.717, 1.165) is 0 Å². The monoisotopic (exact) mass is 440 g/mol. The van der Waals surface area contributed by atoms with Crippen LogP contribution >= 0.6 is 0 Å². The van der Waals surface area contributed by atoms with Gasteiger partial charge in [0.15, 0.2) is 11.5 Å². The third kappa shape index (κ3) is 3.31. The predicted octanol–water partition coefficient (Wildman–Crippen LogP) is 1.10. The molecule has 6 nitrogen and oxygen atoms in total. The summed E-state index contributed by atoms with van der Waals surface area (Å²) in [7, 11) is 2.81. The van der Waals surface area contributed by atoms with Gasteiger partial charge in [-0.2, -0.15) is 0 Å². The van der Waals surface area contributed by atoms with Crippen molar-refractivity contribution in [3.05, 3.63) is 27.8 Å². The van der Waals surface area contributed by atoms with Gasteiger partial charge < -0.3 is 14.6 Å². The van der Waals surface area contributed by atoms with Gasteiger partial charge in [0.25, 0.3) is 5.69 Å². The second-order valence-corrected chi connectivity index (χ2v) is 2.75. The van der Waals surface area contributed by atoms with Crippen LogP contribution in [0, 0.1) is 54.2 Å². The molecule has 0 atom stereocenters. The molecule has 0 unspecified atom stereocenters. The molecule has 0 bridgehead atoms. The van der Waals surface area contributed by atoms with Crippen LogP contribution in [0.4, 0.5) is 5.69 Å². The molecule has 0 aliphatic carbocycles. The minimum Gasteiger partial charge on any atom is -0.493 e. The average molecular weight is 440 g/mol. The second kappa shape index (κ2) is 7.05. The van der Waals surface area contributed by atoms with Gasteiger partial charge >= 0.3 is 0 Å². The summed E-state index contributed by atoms with van der Waals surface area (Å²) < 4.78 is 9.87. The molecule has 1 aromatic rings. The van der Waals surface area contributed by atoms with E-state index in [2.05, 4.69) is 0 Å². The summed E-state index contributed by atoms with van der Waals surface area (Å²) in [6.07, 6.45) is 0. The van der Waals surface area contributed by atoms with Crippen molar-refractivity contribution >= 4 is 5.69 Å². The van der Waals surface area contributed by atoms with Crippen molar-refractivity contribution in [2.45, 2.75) is 6.61 Å². The van der Waals surface area contributed by atoms with Crippen LogP contribution in [0.3, 0.4) is 0 Å². The van der Waals surface area contributed by atoms with Crippen LogP contribution in [0.1, 0.15) is 5.56 Å². The number of benzene rings is 1. The van der Waals surface area contributed by atoms with E-state index in [1.165, 1.54) is 26.4 Å². The van der Waals surface area contributed by atoms with E-state index in [4.69, 9.17) is 14.6 Å². The molecule has 0 aromatic heterocycles.